The monoisotopic (exact) mass is 503 g/mol. The Morgan fingerprint density at radius 3 is 1.63 bits per heavy atom. The molecule has 0 aromatic heterocycles. The highest BCUT2D eigenvalue weighted by Crippen LogP contribution is 2.07. The highest BCUT2D eigenvalue weighted by molar-refractivity contribution is 5.96. The Kier molecular flexibility index (Phi) is 13.6. The summed E-state index contributed by atoms with van der Waals surface area (Å²) >= 11 is 0. The number of amides is 4. The molecule has 0 bridgehead atoms. The maximum absolute atomic E-state index is 12.7. The van der Waals surface area contributed by atoms with Crippen LogP contribution in [0.4, 0.5) is 0 Å². The van der Waals surface area contributed by atoms with E-state index in [-0.39, 0.29) is 18.8 Å². The molecule has 0 heterocycles. The van der Waals surface area contributed by atoms with Gasteiger partial charge in [-0.1, -0.05) is 13.8 Å². The van der Waals surface area contributed by atoms with Gasteiger partial charge in [0, 0.05) is 12.8 Å². The number of rotatable bonds is 17. The molecule has 0 aromatic rings. The second kappa shape index (κ2) is 15.2. The normalized spacial score (nSPS) is 14.2. The van der Waals surface area contributed by atoms with Crippen LogP contribution in [0.2, 0.25) is 0 Å². The zero-order valence-electron chi connectivity index (χ0n) is 19.5. The maximum atomic E-state index is 12.7. The van der Waals surface area contributed by atoms with Crippen molar-refractivity contribution in [1.29, 1.82) is 0 Å². The maximum Gasteiger partial charge on any atom is 0.326 e. The molecule has 0 rings (SSSR count). The summed E-state index contributed by atoms with van der Waals surface area (Å²) in [5.74, 6) is -7.95. The van der Waals surface area contributed by atoms with Crippen molar-refractivity contribution in [2.24, 2.45) is 17.4 Å². The number of hydrogen-bond donors (Lipinski definition) is 8. The van der Waals surface area contributed by atoms with Crippen molar-refractivity contribution >= 4 is 41.5 Å². The van der Waals surface area contributed by atoms with Crippen molar-refractivity contribution in [3.05, 3.63) is 0 Å². The van der Waals surface area contributed by atoms with Crippen molar-refractivity contribution in [3.63, 3.8) is 0 Å². The topological polar surface area (TPSA) is 268 Å². The van der Waals surface area contributed by atoms with Gasteiger partial charge in [-0.05, 0) is 25.2 Å². The summed E-state index contributed by atoms with van der Waals surface area (Å²) < 4.78 is 0. The number of aliphatic carboxylic acids is 3. The van der Waals surface area contributed by atoms with E-state index in [1.54, 1.807) is 13.8 Å². The molecule has 15 nitrogen and oxygen atoms in total. The molecule has 15 heteroatoms. The summed E-state index contributed by atoms with van der Waals surface area (Å²) in [7, 11) is 0. The van der Waals surface area contributed by atoms with Gasteiger partial charge in [-0.15, -0.1) is 0 Å². The van der Waals surface area contributed by atoms with Crippen molar-refractivity contribution < 1.29 is 48.9 Å². The van der Waals surface area contributed by atoms with Crippen LogP contribution in [0.1, 0.15) is 52.4 Å². The molecule has 4 amide bonds. The van der Waals surface area contributed by atoms with Gasteiger partial charge in [0.15, 0.2) is 0 Å². The fourth-order valence-corrected chi connectivity index (χ4v) is 2.87. The molecule has 0 aliphatic heterocycles. The first-order chi connectivity index (χ1) is 16.1. The number of nitrogens with one attached hydrogen (secondary N) is 3. The minimum absolute atomic E-state index is 0.0647. The average molecular weight is 504 g/mol. The van der Waals surface area contributed by atoms with E-state index in [0.29, 0.717) is 0 Å². The largest absolute Gasteiger partial charge is 0.481 e. The molecular weight excluding hydrogens is 470 g/mol. The predicted octanol–water partition coefficient (Wildman–Crippen LogP) is -2.50. The first-order valence-corrected chi connectivity index (χ1v) is 10.7. The van der Waals surface area contributed by atoms with Crippen molar-refractivity contribution in [2.45, 2.75) is 76.5 Å². The van der Waals surface area contributed by atoms with Crippen LogP contribution in [0.5, 0.6) is 0 Å². The van der Waals surface area contributed by atoms with Crippen molar-refractivity contribution in [1.82, 2.24) is 16.0 Å². The quantitative estimate of drug-likeness (QED) is 0.103. The van der Waals surface area contributed by atoms with Gasteiger partial charge >= 0.3 is 17.9 Å². The Bertz CT molecular complexity index is 816. The molecule has 0 saturated heterocycles. The third-order valence-electron chi connectivity index (χ3n) is 4.65. The number of carboxylic acids is 3. The highest BCUT2D eigenvalue weighted by atomic mass is 16.4. The molecule has 0 aliphatic carbocycles. The third-order valence-corrected chi connectivity index (χ3v) is 4.65. The lowest BCUT2D eigenvalue weighted by atomic mass is 10.0. The van der Waals surface area contributed by atoms with E-state index in [9.17, 15) is 38.7 Å². The van der Waals surface area contributed by atoms with Crippen molar-refractivity contribution in [3.8, 4) is 0 Å². The smallest absolute Gasteiger partial charge is 0.326 e. The number of primary amides is 1. The van der Waals surface area contributed by atoms with Gasteiger partial charge in [-0.3, -0.25) is 28.8 Å². The lowest BCUT2D eigenvalue weighted by Crippen LogP contribution is -2.57. The molecule has 4 unspecified atom stereocenters. The van der Waals surface area contributed by atoms with Gasteiger partial charge in [-0.25, -0.2) is 4.79 Å². The summed E-state index contributed by atoms with van der Waals surface area (Å²) in [5.41, 5.74) is 10.7. The van der Waals surface area contributed by atoms with Crippen LogP contribution in [-0.2, 0) is 33.6 Å². The van der Waals surface area contributed by atoms with Crippen LogP contribution in [0, 0.1) is 5.92 Å². The van der Waals surface area contributed by atoms with Crippen LogP contribution < -0.4 is 27.4 Å². The number of nitrogens with two attached hydrogens (primary N) is 2. The Labute approximate surface area is 201 Å². The first-order valence-electron chi connectivity index (χ1n) is 10.7. The lowest BCUT2D eigenvalue weighted by molar-refractivity contribution is -0.143. The predicted molar refractivity (Wildman–Crippen MR) is 118 cm³/mol. The Morgan fingerprint density at radius 2 is 1.17 bits per heavy atom. The summed E-state index contributed by atoms with van der Waals surface area (Å²) in [5, 5.41) is 33.6. The zero-order chi connectivity index (χ0) is 27.3. The fourth-order valence-electron chi connectivity index (χ4n) is 2.87. The third kappa shape index (κ3) is 13.5. The van der Waals surface area contributed by atoms with Gasteiger partial charge in [0.05, 0.1) is 12.5 Å². The Hall–Kier alpha value is -3.75. The van der Waals surface area contributed by atoms with E-state index < -0.39 is 91.4 Å². The summed E-state index contributed by atoms with van der Waals surface area (Å²) in [6.07, 6.45) is -2.32. The summed E-state index contributed by atoms with van der Waals surface area (Å²) in [4.78, 5) is 82.1. The molecule has 198 valence electrons. The van der Waals surface area contributed by atoms with Crippen LogP contribution >= 0.6 is 0 Å². The number of carbonyl (C=O) groups is 7. The average Bonchev–Trinajstić information content (AvgIpc) is 2.72. The van der Waals surface area contributed by atoms with E-state index in [2.05, 4.69) is 16.0 Å². The van der Waals surface area contributed by atoms with E-state index in [4.69, 9.17) is 21.7 Å². The zero-order valence-corrected chi connectivity index (χ0v) is 19.5. The molecule has 0 spiro atoms. The van der Waals surface area contributed by atoms with E-state index in [1.165, 1.54) is 0 Å². The van der Waals surface area contributed by atoms with Crippen LogP contribution in [0.15, 0.2) is 0 Å². The van der Waals surface area contributed by atoms with E-state index in [0.717, 1.165) is 0 Å². The summed E-state index contributed by atoms with van der Waals surface area (Å²) in [6, 6.07) is -5.75. The molecule has 4 atom stereocenters. The first kappa shape index (κ1) is 31.2. The van der Waals surface area contributed by atoms with Crippen LogP contribution in [0.25, 0.3) is 0 Å². The Balaban J connectivity index is 5.57. The van der Waals surface area contributed by atoms with Crippen molar-refractivity contribution in [2.75, 3.05) is 0 Å². The fraction of sp³-hybridized carbons (Fsp3) is 0.650. The molecule has 0 radical (unpaired) electrons. The second-order valence-corrected chi connectivity index (χ2v) is 8.29. The number of carboxylic acid groups (broad SMARTS) is 3. The van der Waals surface area contributed by atoms with Gasteiger partial charge in [0.25, 0.3) is 0 Å². The Morgan fingerprint density at radius 1 is 0.714 bits per heavy atom. The molecule has 0 saturated carbocycles. The standard InChI is InChI=1S/C20H33N5O10/c1-9(2)7-13(20(34)35)25-18(32)11(4-6-16(29)30)23-19(33)12(8-14(22)26)24-17(31)10(21)3-5-15(27)28/h9-13H,3-8,21H2,1-2H3,(H2,22,26)(H,23,33)(H,24,31)(H,25,32)(H,27,28)(H,29,30)(H,34,35). The SMILES string of the molecule is CC(C)CC(NC(=O)C(CCC(=O)O)NC(=O)C(CC(N)=O)NC(=O)C(N)CCC(=O)O)C(=O)O. The molecular formula is C20H33N5O10. The molecule has 0 fully saturated rings. The van der Waals surface area contributed by atoms with Crippen LogP contribution in [0.3, 0.4) is 0 Å². The minimum atomic E-state index is -1.61. The van der Waals surface area contributed by atoms with Gasteiger partial charge in [-0.2, -0.15) is 0 Å². The van der Waals surface area contributed by atoms with Gasteiger partial charge in [0.2, 0.25) is 23.6 Å². The number of hydrogen-bond acceptors (Lipinski definition) is 8. The lowest BCUT2D eigenvalue weighted by Gasteiger charge is -2.25. The van der Waals surface area contributed by atoms with Gasteiger partial charge in [0.1, 0.15) is 18.1 Å². The van der Waals surface area contributed by atoms with E-state index in [1.807, 2.05) is 0 Å². The molecule has 35 heavy (non-hydrogen) atoms. The van der Waals surface area contributed by atoms with Gasteiger partial charge < -0.3 is 42.7 Å². The van der Waals surface area contributed by atoms with E-state index >= 15 is 0 Å². The van der Waals surface area contributed by atoms with Crippen LogP contribution in [-0.4, -0.2) is 81.0 Å². The highest BCUT2D eigenvalue weighted by Gasteiger charge is 2.31. The second-order valence-electron chi connectivity index (χ2n) is 8.29. The summed E-state index contributed by atoms with van der Waals surface area (Å²) in [6.45, 7) is 3.45. The molecule has 10 N–H and O–H groups in total. The molecule has 0 aliphatic rings. The molecule has 0 aromatic carbocycles. The number of carbonyl (C=O) groups excluding carboxylic acids is 4. The minimum Gasteiger partial charge on any atom is -0.481 e.